The van der Waals surface area contributed by atoms with E-state index in [-0.39, 0.29) is 5.75 Å². The van der Waals surface area contributed by atoms with Crippen LogP contribution in [-0.4, -0.2) is 24.9 Å². The summed E-state index contributed by atoms with van der Waals surface area (Å²) >= 11 is 0. The van der Waals surface area contributed by atoms with Crippen LogP contribution in [0.4, 0.5) is 0 Å². The molecule has 4 rings (SSSR count). The Morgan fingerprint density at radius 1 is 0.815 bits per heavy atom. The minimum absolute atomic E-state index is 0.186. The van der Waals surface area contributed by atoms with Crippen molar-refractivity contribution in [3.05, 3.63) is 77.6 Å². The van der Waals surface area contributed by atoms with Gasteiger partial charge in [0.2, 0.25) is 0 Å². The SMILES string of the molecule is Cc1ccc(-c2cc(-c3ccccc3O)nc(-n3nc(C)cc3C)n2)cc1. The molecule has 2 heterocycles. The number of hydrogen-bond acceptors (Lipinski definition) is 4. The van der Waals surface area contributed by atoms with Crippen molar-refractivity contribution in [2.75, 3.05) is 0 Å². The van der Waals surface area contributed by atoms with Crippen LogP contribution in [-0.2, 0) is 0 Å². The lowest BCUT2D eigenvalue weighted by molar-refractivity contribution is 0.477. The zero-order valence-electron chi connectivity index (χ0n) is 15.5. The normalized spacial score (nSPS) is 10.9. The summed E-state index contributed by atoms with van der Waals surface area (Å²) in [6.07, 6.45) is 0. The molecule has 0 fully saturated rings. The highest BCUT2D eigenvalue weighted by atomic mass is 16.3. The molecule has 0 unspecified atom stereocenters. The monoisotopic (exact) mass is 356 g/mol. The number of para-hydroxylation sites is 1. The van der Waals surface area contributed by atoms with Crippen LogP contribution in [0.15, 0.2) is 60.7 Å². The molecular weight excluding hydrogens is 336 g/mol. The van der Waals surface area contributed by atoms with E-state index in [1.54, 1.807) is 16.8 Å². The number of aromatic hydroxyl groups is 1. The van der Waals surface area contributed by atoms with Crippen molar-refractivity contribution in [2.45, 2.75) is 20.8 Å². The van der Waals surface area contributed by atoms with Gasteiger partial charge in [-0.3, -0.25) is 0 Å². The molecule has 5 nitrogen and oxygen atoms in total. The third-order valence-electron chi connectivity index (χ3n) is 4.44. The Morgan fingerprint density at radius 2 is 1.52 bits per heavy atom. The maximum absolute atomic E-state index is 10.3. The summed E-state index contributed by atoms with van der Waals surface area (Å²) in [6, 6.07) is 19.3. The summed E-state index contributed by atoms with van der Waals surface area (Å²) < 4.78 is 1.73. The second-order valence-electron chi connectivity index (χ2n) is 6.66. The molecule has 2 aromatic heterocycles. The number of nitrogens with zero attached hydrogens (tertiary/aromatic N) is 4. The molecule has 0 radical (unpaired) electrons. The quantitative estimate of drug-likeness (QED) is 0.581. The van der Waals surface area contributed by atoms with Crippen LogP contribution in [0.5, 0.6) is 5.75 Å². The number of hydrogen-bond donors (Lipinski definition) is 1. The summed E-state index contributed by atoms with van der Waals surface area (Å²) in [7, 11) is 0. The minimum atomic E-state index is 0.186. The Morgan fingerprint density at radius 3 is 2.19 bits per heavy atom. The minimum Gasteiger partial charge on any atom is -0.507 e. The van der Waals surface area contributed by atoms with Gasteiger partial charge in [0.15, 0.2) is 0 Å². The van der Waals surface area contributed by atoms with Crippen molar-refractivity contribution >= 4 is 0 Å². The molecule has 27 heavy (non-hydrogen) atoms. The van der Waals surface area contributed by atoms with E-state index in [9.17, 15) is 5.11 Å². The maximum atomic E-state index is 10.3. The van der Waals surface area contributed by atoms with Crippen LogP contribution in [0.2, 0.25) is 0 Å². The lowest BCUT2D eigenvalue weighted by Gasteiger charge is -2.11. The molecule has 1 N–H and O–H groups in total. The van der Waals surface area contributed by atoms with Crippen molar-refractivity contribution in [3.63, 3.8) is 0 Å². The zero-order valence-corrected chi connectivity index (χ0v) is 15.5. The molecule has 0 aliphatic rings. The molecule has 134 valence electrons. The molecule has 0 amide bonds. The molecule has 0 saturated heterocycles. The maximum Gasteiger partial charge on any atom is 0.251 e. The average Bonchev–Trinajstić information content (AvgIpc) is 3.00. The van der Waals surface area contributed by atoms with Gasteiger partial charge in [0, 0.05) is 16.8 Å². The first kappa shape index (κ1) is 17.0. The van der Waals surface area contributed by atoms with Gasteiger partial charge in [-0.1, -0.05) is 42.0 Å². The number of phenolic OH excluding ortho intramolecular Hbond substituents is 1. The second kappa shape index (κ2) is 6.68. The van der Waals surface area contributed by atoms with Crippen molar-refractivity contribution in [1.82, 2.24) is 19.7 Å². The molecule has 0 aliphatic heterocycles. The van der Waals surface area contributed by atoms with Gasteiger partial charge in [-0.2, -0.15) is 5.10 Å². The standard InChI is InChI=1S/C22H20N4O/c1-14-8-10-17(11-9-14)19-13-20(18-6-4-5-7-21(18)27)24-22(23-19)26-16(3)12-15(2)25-26/h4-13,27H,1-3H3. The number of benzene rings is 2. The number of aryl methyl sites for hydroxylation is 3. The fourth-order valence-electron chi connectivity index (χ4n) is 3.06. The summed E-state index contributed by atoms with van der Waals surface area (Å²) in [5.41, 5.74) is 6.13. The summed E-state index contributed by atoms with van der Waals surface area (Å²) in [5.74, 6) is 0.669. The van der Waals surface area contributed by atoms with Crippen molar-refractivity contribution in [3.8, 4) is 34.2 Å². The van der Waals surface area contributed by atoms with Crippen LogP contribution < -0.4 is 0 Å². The molecule has 0 bridgehead atoms. The van der Waals surface area contributed by atoms with E-state index in [0.29, 0.717) is 17.2 Å². The van der Waals surface area contributed by atoms with Crippen molar-refractivity contribution in [1.29, 1.82) is 0 Å². The number of rotatable bonds is 3. The van der Waals surface area contributed by atoms with Gasteiger partial charge in [-0.15, -0.1) is 0 Å². The van der Waals surface area contributed by atoms with E-state index in [4.69, 9.17) is 4.98 Å². The van der Waals surface area contributed by atoms with Gasteiger partial charge in [0.05, 0.1) is 17.1 Å². The van der Waals surface area contributed by atoms with Crippen LogP contribution in [0.3, 0.4) is 0 Å². The molecule has 0 atom stereocenters. The van der Waals surface area contributed by atoms with Crippen LogP contribution >= 0.6 is 0 Å². The second-order valence-corrected chi connectivity index (χ2v) is 6.66. The van der Waals surface area contributed by atoms with Crippen LogP contribution in [0.25, 0.3) is 28.5 Å². The first-order chi connectivity index (χ1) is 13.0. The molecule has 2 aromatic carbocycles. The molecule has 0 aliphatic carbocycles. The van der Waals surface area contributed by atoms with Gasteiger partial charge < -0.3 is 5.11 Å². The first-order valence-corrected chi connectivity index (χ1v) is 8.79. The highest BCUT2D eigenvalue weighted by Gasteiger charge is 2.14. The van der Waals surface area contributed by atoms with E-state index >= 15 is 0 Å². The summed E-state index contributed by atoms with van der Waals surface area (Å²) in [4.78, 5) is 9.42. The Labute approximate surface area is 158 Å². The lowest BCUT2D eigenvalue weighted by atomic mass is 10.1. The highest BCUT2D eigenvalue weighted by Crippen LogP contribution is 2.30. The smallest absolute Gasteiger partial charge is 0.251 e. The molecule has 0 saturated carbocycles. The Balaban J connectivity index is 1.95. The molecule has 5 heteroatoms. The predicted octanol–water partition coefficient (Wildman–Crippen LogP) is 4.63. The van der Waals surface area contributed by atoms with Gasteiger partial charge in [-0.05, 0) is 45.0 Å². The first-order valence-electron chi connectivity index (χ1n) is 8.79. The Hall–Kier alpha value is -3.47. The predicted molar refractivity (Wildman–Crippen MR) is 106 cm³/mol. The van der Waals surface area contributed by atoms with E-state index in [1.807, 2.05) is 50.2 Å². The van der Waals surface area contributed by atoms with E-state index in [0.717, 1.165) is 22.6 Å². The van der Waals surface area contributed by atoms with E-state index in [1.165, 1.54) is 5.56 Å². The zero-order chi connectivity index (χ0) is 19.0. The number of phenols is 1. The van der Waals surface area contributed by atoms with Crippen LogP contribution in [0, 0.1) is 20.8 Å². The van der Waals surface area contributed by atoms with Crippen molar-refractivity contribution in [2.24, 2.45) is 0 Å². The molecule has 0 spiro atoms. The van der Waals surface area contributed by atoms with Gasteiger partial charge in [-0.25, -0.2) is 14.6 Å². The Kier molecular flexibility index (Phi) is 4.20. The Bertz CT molecular complexity index is 1110. The van der Waals surface area contributed by atoms with Crippen LogP contribution in [0.1, 0.15) is 17.0 Å². The van der Waals surface area contributed by atoms with Gasteiger partial charge >= 0.3 is 0 Å². The lowest BCUT2D eigenvalue weighted by Crippen LogP contribution is -2.07. The largest absolute Gasteiger partial charge is 0.507 e. The fourth-order valence-corrected chi connectivity index (χ4v) is 3.06. The third-order valence-corrected chi connectivity index (χ3v) is 4.44. The molecule has 4 aromatic rings. The summed E-state index contributed by atoms with van der Waals surface area (Å²) in [6.45, 7) is 5.97. The average molecular weight is 356 g/mol. The molecular formula is C22H20N4O. The van der Waals surface area contributed by atoms with Gasteiger partial charge in [0.1, 0.15) is 5.75 Å². The van der Waals surface area contributed by atoms with E-state index in [2.05, 4.69) is 29.1 Å². The third kappa shape index (κ3) is 3.31. The highest BCUT2D eigenvalue weighted by molar-refractivity contribution is 5.72. The van der Waals surface area contributed by atoms with Gasteiger partial charge in [0.25, 0.3) is 5.95 Å². The van der Waals surface area contributed by atoms with E-state index < -0.39 is 0 Å². The topological polar surface area (TPSA) is 63.8 Å². The number of aromatic nitrogens is 4. The fraction of sp³-hybridized carbons (Fsp3) is 0.136. The van der Waals surface area contributed by atoms with Crippen molar-refractivity contribution < 1.29 is 5.11 Å². The summed E-state index contributed by atoms with van der Waals surface area (Å²) in [5, 5.41) is 14.8.